The molecule has 17 heavy (non-hydrogen) atoms. The van der Waals surface area contributed by atoms with Crippen LogP contribution in [0.2, 0.25) is 0 Å². The first kappa shape index (κ1) is 14.5. The molecule has 3 heteroatoms. The van der Waals surface area contributed by atoms with Crippen LogP contribution in [0.3, 0.4) is 0 Å². The summed E-state index contributed by atoms with van der Waals surface area (Å²) in [6.45, 7) is 8.66. The van der Waals surface area contributed by atoms with Crippen LogP contribution in [0.5, 0.6) is 0 Å². The average molecular weight is 241 g/mol. The number of rotatable bonds is 4. The quantitative estimate of drug-likeness (QED) is 0.793. The Bertz CT molecular complexity index is 255. The molecule has 1 saturated carbocycles. The van der Waals surface area contributed by atoms with Crippen LogP contribution in [-0.2, 0) is 4.79 Å². The van der Waals surface area contributed by atoms with E-state index >= 15 is 0 Å². The predicted molar refractivity (Wildman–Crippen MR) is 69.6 cm³/mol. The summed E-state index contributed by atoms with van der Waals surface area (Å²) < 4.78 is 0. The highest BCUT2D eigenvalue weighted by Crippen LogP contribution is 2.31. The van der Waals surface area contributed by atoms with E-state index < -0.39 is 5.60 Å². The molecule has 1 aliphatic carbocycles. The highest BCUT2D eigenvalue weighted by atomic mass is 16.3. The third-order valence-electron chi connectivity index (χ3n) is 4.21. The maximum Gasteiger partial charge on any atom is 0.223 e. The average Bonchev–Trinajstić information content (AvgIpc) is 2.29. The van der Waals surface area contributed by atoms with Crippen LogP contribution in [0.25, 0.3) is 0 Å². The standard InChI is InChI=1S/C14H27NO2/c1-10(2)12(4)13(16)15-9-14(17)7-5-11(3)6-8-14/h10-12,17H,5-9H2,1-4H3,(H,15,16). The van der Waals surface area contributed by atoms with Gasteiger partial charge in [-0.25, -0.2) is 0 Å². The van der Waals surface area contributed by atoms with E-state index in [1.165, 1.54) is 0 Å². The monoisotopic (exact) mass is 241 g/mol. The summed E-state index contributed by atoms with van der Waals surface area (Å²) in [7, 11) is 0. The fourth-order valence-electron chi connectivity index (χ4n) is 2.19. The zero-order valence-electron chi connectivity index (χ0n) is 11.6. The molecule has 100 valence electrons. The second kappa shape index (κ2) is 5.85. The van der Waals surface area contributed by atoms with Gasteiger partial charge >= 0.3 is 0 Å². The molecule has 1 fully saturated rings. The fraction of sp³-hybridized carbons (Fsp3) is 0.929. The highest BCUT2D eigenvalue weighted by Gasteiger charge is 2.32. The van der Waals surface area contributed by atoms with Gasteiger partial charge in [-0.1, -0.05) is 27.7 Å². The van der Waals surface area contributed by atoms with Crippen LogP contribution >= 0.6 is 0 Å². The summed E-state index contributed by atoms with van der Waals surface area (Å²) in [5.41, 5.74) is -0.668. The molecule has 0 spiro atoms. The molecule has 1 rings (SSSR count). The van der Waals surface area contributed by atoms with E-state index in [0.29, 0.717) is 18.4 Å². The van der Waals surface area contributed by atoms with Crippen molar-refractivity contribution in [1.29, 1.82) is 0 Å². The first-order chi connectivity index (χ1) is 7.84. The number of hydrogen-bond donors (Lipinski definition) is 2. The van der Waals surface area contributed by atoms with E-state index in [9.17, 15) is 9.90 Å². The summed E-state index contributed by atoms with van der Waals surface area (Å²) in [5, 5.41) is 13.2. The summed E-state index contributed by atoms with van der Waals surface area (Å²) in [5.74, 6) is 1.13. The topological polar surface area (TPSA) is 49.3 Å². The van der Waals surface area contributed by atoms with E-state index in [4.69, 9.17) is 0 Å². The number of hydrogen-bond acceptors (Lipinski definition) is 2. The molecule has 0 aromatic heterocycles. The van der Waals surface area contributed by atoms with Gasteiger partial charge in [0.2, 0.25) is 5.91 Å². The maximum absolute atomic E-state index is 11.8. The molecule has 1 amide bonds. The van der Waals surface area contributed by atoms with Crippen molar-refractivity contribution >= 4 is 5.91 Å². The number of carbonyl (C=O) groups is 1. The smallest absolute Gasteiger partial charge is 0.223 e. The van der Waals surface area contributed by atoms with Gasteiger partial charge in [0.05, 0.1) is 5.60 Å². The third kappa shape index (κ3) is 4.30. The van der Waals surface area contributed by atoms with Gasteiger partial charge in [0, 0.05) is 12.5 Å². The van der Waals surface area contributed by atoms with Crippen molar-refractivity contribution in [3.05, 3.63) is 0 Å². The van der Waals surface area contributed by atoms with Crippen molar-refractivity contribution in [2.45, 2.75) is 59.0 Å². The Balaban J connectivity index is 2.37. The number of nitrogens with one attached hydrogen (secondary N) is 1. The van der Waals surface area contributed by atoms with Crippen LogP contribution in [0, 0.1) is 17.8 Å². The van der Waals surface area contributed by atoms with Gasteiger partial charge in [-0.05, 0) is 37.5 Å². The molecular formula is C14H27NO2. The second-order valence-corrected chi connectivity index (χ2v) is 6.16. The Morgan fingerprint density at radius 2 is 1.88 bits per heavy atom. The molecule has 3 nitrogen and oxygen atoms in total. The van der Waals surface area contributed by atoms with E-state index in [2.05, 4.69) is 12.2 Å². The lowest BCUT2D eigenvalue weighted by Gasteiger charge is -2.35. The van der Waals surface area contributed by atoms with Gasteiger partial charge in [-0.15, -0.1) is 0 Å². The normalized spacial score (nSPS) is 31.3. The van der Waals surface area contributed by atoms with Crippen LogP contribution in [-0.4, -0.2) is 23.2 Å². The minimum Gasteiger partial charge on any atom is -0.388 e. The van der Waals surface area contributed by atoms with Crippen LogP contribution in [0.4, 0.5) is 0 Å². The summed E-state index contributed by atoms with van der Waals surface area (Å²) in [6.07, 6.45) is 3.74. The maximum atomic E-state index is 11.8. The van der Waals surface area contributed by atoms with E-state index in [1.54, 1.807) is 0 Å². The summed E-state index contributed by atoms with van der Waals surface area (Å²) >= 11 is 0. The molecule has 1 aliphatic rings. The molecule has 1 unspecified atom stereocenters. The van der Waals surface area contributed by atoms with Crippen LogP contribution in [0.1, 0.15) is 53.4 Å². The summed E-state index contributed by atoms with van der Waals surface area (Å²) in [6, 6.07) is 0. The van der Waals surface area contributed by atoms with Gasteiger partial charge in [0.15, 0.2) is 0 Å². The minimum atomic E-state index is -0.668. The Labute approximate surface area is 105 Å². The first-order valence-corrected chi connectivity index (χ1v) is 6.84. The van der Waals surface area contributed by atoms with Crippen molar-refractivity contribution in [3.63, 3.8) is 0 Å². The van der Waals surface area contributed by atoms with Crippen molar-refractivity contribution in [2.24, 2.45) is 17.8 Å². The SMILES string of the molecule is CC1CCC(O)(CNC(=O)C(C)C(C)C)CC1. The lowest BCUT2D eigenvalue weighted by molar-refractivity contribution is -0.127. The molecule has 0 aliphatic heterocycles. The zero-order chi connectivity index (χ0) is 13.1. The zero-order valence-corrected chi connectivity index (χ0v) is 11.6. The van der Waals surface area contributed by atoms with Gasteiger partial charge in [-0.2, -0.15) is 0 Å². The predicted octanol–water partition coefficient (Wildman–Crippen LogP) is 2.34. The van der Waals surface area contributed by atoms with Crippen LogP contribution < -0.4 is 5.32 Å². The third-order valence-corrected chi connectivity index (χ3v) is 4.21. The lowest BCUT2D eigenvalue weighted by Crippen LogP contribution is -2.46. The molecule has 2 N–H and O–H groups in total. The molecule has 0 radical (unpaired) electrons. The van der Waals surface area contributed by atoms with Crippen molar-refractivity contribution in [3.8, 4) is 0 Å². The Morgan fingerprint density at radius 1 is 1.35 bits per heavy atom. The Morgan fingerprint density at radius 3 is 2.35 bits per heavy atom. The van der Waals surface area contributed by atoms with Crippen molar-refractivity contribution < 1.29 is 9.90 Å². The van der Waals surface area contributed by atoms with Crippen LogP contribution in [0.15, 0.2) is 0 Å². The number of aliphatic hydroxyl groups is 1. The highest BCUT2D eigenvalue weighted by molar-refractivity contribution is 5.78. The molecular weight excluding hydrogens is 214 g/mol. The number of amides is 1. The molecule has 0 heterocycles. The van der Waals surface area contributed by atoms with Gasteiger partial charge in [0.1, 0.15) is 0 Å². The van der Waals surface area contributed by atoms with Gasteiger partial charge in [-0.3, -0.25) is 4.79 Å². The summed E-state index contributed by atoms with van der Waals surface area (Å²) in [4.78, 5) is 11.8. The van der Waals surface area contributed by atoms with Crippen molar-refractivity contribution in [2.75, 3.05) is 6.54 Å². The molecule has 1 atom stereocenters. The molecule has 0 aromatic carbocycles. The van der Waals surface area contributed by atoms with Gasteiger partial charge in [0.25, 0.3) is 0 Å². The molecule has 0 aromatic rings. The van der Waals surface area contributed by atoms with E-state index in [-0.39, 0.29) is 11.8 Å². The minimum absolute atomic E-state index is 0.0149. The largest absolute Gasteiger partial charge is 0.388 e. The van der Waals surface area contributed by atoms with Gasteiger partial charge < -0.3 is 10.4 Å². The number of carbonyl (C=O) groups excluding carboxylic acids is 1. The Hall–Kier alpha value is -0.570. The fourth-order valence-corrected chi connectivity index (χ4v) is 2.19. The first-order valence-electron chi connectivity index (χ1n) is 6.84. The van der Waals surface area contributed by atoms with E-state index in [0.717, 1.165) is 25.7 Å². The van der Waals surface area contributed by atoms with Crippen molar-refractivity contribution in [1.82, 2.24) is 5.32 Å². The molecule has 0 bridgehead atoms. The Kier molecular flexibility index (Phi) is 4.99. The molecule has 0 saturated heterocycles. The lowest BCUT2D eigenvalue weighted by atomic mass is 9.79. The second-order valence-electron chi connectivity index (χ2n) is 6.16. The van der Waals surface area contributed by atoms with E-state index in [1.807, 2.05) is 20.8 Å².